The molecule has 1 unspecified atom stereocenters. The minimum atomic E-state index is -0.993. The second-order valence-corrected chi connectivity index (χ2v) is 10.3. The second-order valence-electron chi connectivity index (χ2n) is 9.06. The summed E-state index contributed by atoms with van der Waals surface area (Å²) in [4.78, 5) is 36.1. The maximum atomic E-state index is 13.0. The van der Waals surface area contributed by atoms with Crippen molar-refractivity contribution in [3.63, 3.8) is 0 Å². The lowest BCUT2D eigenvalue weighted by Gasteiger charge is -2.40. The molecule has 0 spiro atoms. The predicted molar refractivity (Wildman–Crippen MR) is 119 cm³/mol. The Balaban J connectivity index is 1.40. The summed E-state index contributed by atoms with van der Waals surface area (Å²) in [7, 11) is 0. The van der Waals surface area contributed by atoms with E-state index in [-0.39, 0.29) is 18.0 Å². The average molecular weight is 433 g/mol. The van der Waals surface area contributed by atoms with Gasteiger partial charge in [-0.1, -0.05) is 6.42 Å². The van der Waals surface area contributed by atoms with E-state index in [1.165, 1.54) is 22.3 Å². The molecular formula is C22H32N4O3S. The van der Waals surface area contributed by atoms with Gasteiger partial charge in [0.05, 0.1) is 30.4 Å². The highest BCUT2D eigenvalue weighted by Gasteiger charge is 2.35. The molecule has 2 aliphatic heterocycles. The second kappa shape index (κ2) is 8.40. The number of thiophene rings is 1. The van der Waals surface area contributed by atoms with Gasteiger partial charge in [0, 0.05) is 24.0 Å². The third-order valence-electron chi connectivity index (χ3n) is 6.95. The molecule has 8 heteroatoms. The van der Waals surface area contributed by atoms with Crippen molar-refractivity contribution in [3.05, 3.63) is 27.1 Å². The number of rotatable bonds is 4. The molecule has 0 aromatic carbocycles. The van der Waals surface area contributed by atoms with Gasteiger partial charge >= 0.3 is 0 Å². The van der Waals surface area contributed by atoms with Crippen LogP contribution >= 0.6 is 11.3 Å². The van der Waals surface area contributed by atoms with Gasteiger partial charge in [0.1, 0.15) is 4.83 Å². The lowest BCUT2D eigenvalue weighted by atomic mass is 9.91. The number of fused-ring (bicyclic) bond motifs is 1. The Morgan fingerprint density at radius 1 is 1.27 bits per heavy atom. The van der Waals surface area contributed by atoms with Crippen LogP contribution in [0, 0.1) is 13.8 Å². The monoisotopic (exact) mass is 432 g/mol. The van der Waals surface area contributed by atoms with Gasteiger partial charge in [-0.25, -0.2) is 4.98 Å². The topological polar surface area (TPSA) is 78.7 Å². The fourth-order valence-electron chi connectivity index (χ4n) is 4.70. The minimum Gasteiger partial charge on any atom is -0.388 e. The number of carbonyl (C=O) groups excluding carboxylic acids is 1. The third kappa shape index (κ3) is 4.18. The molecule has 0 saturated carbocycles. The van der Waals surface area contributed by atoms with Crippen LogP contribution < -0.4 is 5.56 Å². The number of amides is 1. The Labute approximate surface area is 181 Å². The van der Waals surface area contributed by atoms with E-state index in [4.69, 9.17) is 0 Å². The van der Waals surface area contributed by atoms with Crippen molar-refractivity contribution in [3.8, 4) is 0 Å². The highest BCUT2D eigenvalue weighted by Crippen LogP contribution is 2.27. The summed E-state index contributed by atoms with van der Waals surface area (Å²) in [6, 6.07) is 0.461. The number of piperidine rings is 2. The van der Waals surface area contributed by atoms with Crippen LogP contribution in [0.1, 0.15) is 49.5 Å². The molecule has 2 fully saturated rings. The van der Waals surface area contributed by atoms with Crippen LogP contribution in [-0.2, 0) is 11.3 Å². The first-order chi connectivity index (χ1) is 14.3. The number of hydrogen-bond acceptors (Lipinski definition) is 6. The number of aliphatic hydroxyl groups is 1. The molecule has 4 rings (SSSR count). The Morgan fingerprint density at radius 3 is 2.70 bits per heavy atom. The zero-order chi connectivity index (χ0) is 21.5. The molecule has 164 valence electrons. The highest BCUT2D eigenvalue weighted by atomic mass is 32.1. The average Bonchev–Trinajstić information content (AvgIpc) is 3.01. The van der Waals surface area contributed by atoms with E-state index in [0.29, 0.717) is 43.9 Å². The van der Waals surface area contributed by atoms with Gasteiger partial charge in [-0.2, -0.15) is 0 Å². The van der Waals surface area contributed by atoms with Crippen molar-refractivity contribution < 1.29 is 9.90 Å². The van der Waals surface area contributed by atoms with Crippen LogP contribution in [0.25, 0.3) is 10.2 Å². The van der Waals surface area contributed by atoms with Crippen LogP contribution in [0.3, 0.4) is 0 Å². The van der Waals surface area contributed by atoms with E-state index in [0.717, 1.165) is 34.7 Å². The van der Waals surface area contributed by atoms with Gasteiger partial charge < -0.3 is 10.0 Å². The quantitative estimate of drug-likeness (QED) is 0.802. The van der Waals surface area contributed by atoms with E-state index in [1.54, 1.807) is 6.33 Å². The van der Waals surface area contributed by atoms with E-state index < -0.39 is 5.60 Å². The fourth-order valence-corrected chi connectivity index (χ4v) is 5.68. The zero-order valence-corrected chi connectivity index (χ0v) is 19.0. The van der Waals surface area contributed by atoms with Crippen molar-refractivity contribution in [1.29, 1.82) is 0 Å². The number of carbonyl (C=O) groups is 1. The van der Waals surface area contributed by atoms with E-state index in [9.17, 15) is 14.7 Å². The standard InChI is InChI=1S/C22H32N4O3S/c1-15-6-4-5-9-25(15)12-18(27)24-10-7-22(29,8-11-24)13-26-14-23-20-19(21(26)28)16(2)17(3)30-20/h14-15,29H,4-13H2,1-3H3. The number of nitrogens with zero attached hydrogens (tertiary/aromatic N) is 4. The largest absolute Gasteiger partial charge is 0.388 e. The molecule has 1 N–H and O–H groups in total. The van der Waals surface area contributed by atoms with Gasteiger partial charge in [0.2, 0.25) is 5.91 Å². The van der Waals surface area contributed by atoms with Crippen LogP contribution in [-0.4, -0.2) is 68.2 Å². The van der Waals surface area contributed by atoms with Crippen molar-refractivity contribution >= 4 is 27.5 Å². The van der Waals surface area contributed by atoms with Gasteiger partial charge in [-0.05, 0) is 58.6 Å². The minimum absolute atomic E-state index is 0.0899. The number of hydrogen-bond donors (Lipinski definition) is 1. The van der Waals surface area contributed by atoms with Crippen LogP contribution in [0.15, 0.2) is 11.1 Å². The van der Waals surface area contributed by atoms with E-state index >= 15 is 0 Å². The van der Waals surface area contributed by atoms with Crippen molar-refractivity contribution in [2.24, 2.45) is 0 Å². The van der Waals surface area contributed by atoms with Crippen molar-refractivity contribution in [2.75, 3.05) is 26.2 Å². The number of aromatic nitrogens is 2. The van der Waals surface area contributed by atoms with Crippen molar-refractivity contribution in [2.45, 2.75) is 71.1 Å². The molecule has 30 heavy (non-hydrogen) atoms. The van der Waals surface area contributed by atoms with Gasteiger partial charge in [0.15, 0.2) is 0 Å². The Hall–Kier alpha value is -1.77. The summed E-state index contributed by atoms with van der Waals surface area (Å²) < 4.78 is 1.54. The molecule has 2 aliphatic rings. The molecule has 2 saturated heterocycles. The molecular weight excluding hydrogens is 400 g/mol. The molecule has 2 aromatic rings. The molecule has 2 aromatic heterocycles. The van der Waals surface area contributed by atoms with Crippen LogP contribution in [0.5, 0.6) is 0 Å². The first kappa shape index (κ1) is 21.5. The summed E-state index contributed by atoms with van der Waals surface area (Å²) in [5.41, 5.74) is -0.109. The smallest absolute Gasteiger partial charge is 0.262 e. The Morgan fingerprint density at radius 2 is 2.00 bits per heavy atom. The fraction of sp³-hybridized carbons (Fsp3) is 0.682. The molecule has 0 aliphatic carbocycles. The third-order valence-corrected chi connectivity index (χ3v) is 8.06. The first-order valence-corrected chi connectivity index (χ1v) is 11.8. The zero-order valence-electron chi connectivity index (χ0n) is 18.2. The summed E-state index contributed by atoms with van der Waals surface area (Å²) in [5.74, 6) is 0.149. The SMILES string of the molecule is Cc1sc2ncn(CC3(O)CCN(C(=O)CN4CCCCC4C)CC3)c(=O)c2c1C. The number of aryl methyl sites for hydroxylation is 2. The number of likely N-dealkylation sites (tertiary alicyclic amines) is 2. The first-order valence-electron chi connectivity index (χ1n) is 11.0. The summed E-state index contributed by atoms with van der Waals surface area (Å²) in [6.45, 7) is 8.87. The Bertz CT molecular complexity index is 990. The summed E-state index contributed by atoms with van der Waals surface area (Å²) >= 11 is 1.53. The van der Waals surface area contributed by atoms with Crippen LogP contribution in [0.4, 0.5) is 0 Å². The maximum absolute atomic E-state index is 13.0. The molecule has 0 bridgehead atoms. The maximum Gasteiger partial charge on any atom is 0.262 e. The van der Waals surface area contributed by atoms with Gasteiger partial charge in [-0.15, -0.1) is 11.3 Å². The molecule has 1 atom stereocenters. The van der Waals surface area contributed by atoms with Gasteiger partial charge in [0.25, 0.3) is 5.56 Å². The van der Waals surface area contributed by atoms with Crippen molar-refractivity contribution in [1.82, 2.24) is 19.4 Å². The molecule has 7 nitrogen and oxygen atoms in total. The lowest BCUT2D eigenvalue weighted by molar-refractivity contribution is -0.138. The highest BCUT2D eigenvalue weighted by molar-refractivity contribution is 7.18. The predicted octanol–water partition coefficient (Wildman–Crippen LogP) is 2.30. The van der Waals surface area contributed by atoms with Gasteiger partial charge in [-0.3, -0.25) is 19.1 Å². The molecule has 4 heterocycles. The van der Waals surface area contributed by atoms with Crippen LogP contribution in [0.2, 0.25) is 0 Å². The van der Waals surface area contributed by atoms with E-state index in [2.05, 4.69) is 16.8 Å². The Kier molecular flexibility index (Phi) is 6.01. The lowest BCUT2D eigenvalue weighted by Crippen LogP contribution is -2.52. The molecule has 1 amide bonds. The normalized spacial score (nSPS) is 22.5. The van der Waals surface area contributed by atoms with E-state index in [1.807, 2.05) is 18.7 Å². The summed E-state index contributed by atoms with van der Waals surface area (Å²) in [6.07, 6.45) is 6.05. The summed E-state index contributed by atoms with van der Waals surface area (Å²) in [5, 5.41) is 11.8. The molecule has 0 radical (unpaired) electrons.